The molecule has 0 aliphatic carbocycles. The largest absolute Gasteiger partial charge is 0.465 e. The molecule has 0 saturated carbocycles. The first-order chi connectivity index (χ1) is 15.4. The van der Waals surface area contributed by atoms with Crippen molar-refractivity contribution in [3.05, 3.63) is 41.3 Å². The van der Waals surface area contributed by atoms with Gasteiger partial charge in [0.2, 0.25) is 0 Å². The quantitative estimate of drug-likeness (QED) is 0.345. The van der Waals surface area contributed by atoms with Gasteiger partial charge in [0, 0.05) is 37.7 Å². The monoisotopic (exact) mass is 481 g/mol. The number of hydrogen-bond acceptors (Lipinski definition) is 5. The minimum atomic E-state index is -4.82. The van der Waals surface area contributed by atoms with Crippen molar-refractivity contribution in [2.24, 2.45) is 10.7 Å². The Balaban J connectivity index is 1.91. The number of rotatable bonds is 4. The number of hydrogen-bond donors (Lipinski definition) is 3. The van der Waals surface area contributed by atoms with E-state index in [9.17, 15) is 23.1 Å². The van der Waals surface area contributed by atoms with E-state index in [1.54, 1.807) is 12.3 Å². The molecule has 0 atom stereocenters. The van der Waals surface area contributed by atoms with Crippen LogP contribution in [0.15, 0.2) is 29.5 Å². The van der Waals surface area contributed by atoms with Crippen LogP contribution >= 0.6 is 12.2 Å². The first-order valence-electron chi connectivity index (χ1n) is 9.84. The second-order valence-electron chi connectivity index (χ2n) is 7.56. The molecule has 4 N–H and O–H groups in total. The SMILES string of the molecule is CC(C)N1CCc2cnc(C(N)=NC(=S)Nc3nccc(C(F)(F)F)c3N(C)C(=O)O)cc21. The first-order valence-corrected chi connectivity index (χ1v) is 10.2. The number of anilines is 3. The van der Waals surface area contributed by atoms with Gasteiger partial charge in [-0.25, -0.2) is 14.8 Å². The van der Waals surface area contributed by atoms with Crippen LogP contribution < -0.4 is 20.9 Å². The molecule has 2 aromatic heterocycles. The average molecular weight is 482 g/mol. The van der Waals surface area contributed by atoms with E-state index in [0.717, 1.165) is 37.5 Å². The molecule has 3 rings (SSSR count). The fraction of sp³-hybridized carbons (Fsp3) is 0.350. The van der Waals surface area contributed by atoms with E-state index in [4.69, 9.17) is 18.0 Å². The fourth-order valence-electron chi connectivity index (χ4n) is 3.48. The molecule has 0 spiro atoms. The lowest BCUT2D eigenvalue weighted by Gasteiger charge is -2.24. The topological polar surface area (TPSA) is 120 Å². The van der Waals surface area contributed by atoms with E-state index in [1.807, 2.05) is 0 Å². The van der Waals surface area contributed by atoms with Crippen molar-refractivity contribution in [3.63, 3.8) is 0 Å². The summed E-state index contributed by atoms with van der Waals surface area (Å²) in [5, 5.41) is 11.4. The molecule has 13 heteroatoms. The maximum Gasteiger partial charge on any atom is 0.418 e. The molecule has 1 amide bonds. The van der Waals surface area contributed by atoms with Crippen LogP contribution in [0.3, 0.4) is 0 Å². The molecular weight excluding hydrogens is 459 g/mol. The number of nitrogens with one attached hydrogen (secondary N) is 1. The second-order valence-corrected chi connectivity index (χ2v) is 7.94. The summed E-state index contributed by atoms with van der Waals surface area (Å²) in [7, 11) is 0.968. The van der Waals surface area contributed by atoms with E-state index in [1.165, 1.54) is 0 Å². The van der Waals surface area contributed by atoms with Gasteiger partial charge in [0.25, 0.3) is 0 Å². The Labute approximate surface area is 193 Å². The number of fused-ring (bicyclic) bond motifs is 1. The van der Waals surface area contributed by atoms with Gasteiger partial charge in [-0.3, -0.25) is 9.88 Å². The van der Waals surface area contributed by atoms with Crippen molar-refractivity contribution < 1.29 is 23.1 Å². The third-order valence-corrected chi connectivity index (χ3v) is 5.27. The van der Waals surface area contributed by atoms with Crippen LogP contribution in [0.5, 0.6) is 0 Å². The van der Waals surface area contributed by atoms with Gasteiger partial charge in [-0.2, -0.15) is 13.2 Å². The molecule has 0 radical (unpaired) electrons. The molecule has 0 aromatic carbocycles. The van der Waals surface area contributed by atoms with Crippen LogP contribution in [-0.2, 0) is 12.6 Å². The number of alkyl halides is 3. The number of amides is 1. The van der Waals surface area contributed by atoms with E-state index in [0.29, 0.717) is 16.7 Å². The van der Waals surface area contributed by atoms with Gasteiger partial charge < -0.3 is 21.1 Å². The van der Waals surface area contributed by atoms with E-state index in [2.05, 4.69) is 39.0 Å². The Bertz CT molecular complexity index is 1120. The number of pyridine rings is 2. The van der Waals surface area contributed by atoms with Crippen LogP contribution in [0.4, 0.5) is 35.2 Å². The summed E-state index contributed by atoms with van der Waals surface area (Å²) in [5.74, 6) is -0.477. The molecule has 176 valence electrons. The van der Waals surface area contributed by atoms with Crippen LogP contribution in [0.1, 0.15) is 30.7 Å². The highest BCUT2D eigenvalue weighted by Gasteiger charge is 2.37. The fourth-order valence-corrected chi connectivity index (χ4v) is 3.67. The minimum absolute atomic E-state index is 0.0500. The van der Waals surface area contributed by atoms with E-state index >= 15 is 0 Å². The Kier molecular flexibility index (Phi) is 6.72. The molecule has 1 aliphatic rings. The maximum absolute atomic E-state index is 13.5. The lowest BCUT2D eigenvalue weighted by atomic mass is 10.2. The van der Waals surface area contributed by atoms with Gasteiger partial charge in [0.05, 0.1) is 5.56 Å². The summed E-state index contributed by atoms with van der Waals surface area (Å²) >= 11 is 5.12. The summed E-state index contributed by atoms with van der Waals surface area (Å²) in [5.41, 5.74) is 6.55. The molecule has 1 aliphatic heterocycles. The molecule has 33 heavy (non-hydrogen) atoms. The van der Waals surface area contributed by atoms with Crippen molar-refractivity contribution >= 4 is 46.5 Å². The van der Waals surface area contributed by atoms with Crippen molar-refractivity contribution in [1.29, 1.82) is 0 Å². The number of thiocarbonyl (C=S) groups is 1. The molecule has 3 heterocycles. The van der Waals surface area contributed by atoms with Crippen molar-refractivity contribution in [1.82, 2.24) is 9.97 Å². The highest BCUT2D eigenvalue weighted by molar-refractivity contribution is 7.80. The third-order valence-electron chi connectivity index (χ3n) is 5.08. The average Bonchev–Trinajstić information content (AvgIpc) is 3.15. The number of carboxylic acid groups (broad SMARTS) is 1. The summed E-state index contributed by atoms with van der Waals surface area (Å²) in [6.45, 7) is 5.00. The predicted octanol–water partition coefficient (Wildman–Crippen LogP) is 3.48. The van der Waals surface area contributed by atoms with Crippen LogP contribution in [-0.4, -0.2) is 51.8 Å². The summed E-state index contributed by atoms with van der Waals surface area (Å²) < 4.78 is 40.4. The lowest BCUT2D eigenvalue weighted by Crippen LogP contribution is -2.29. The zero-order valence-electron chi connectivity index (χ0n) is 18.0. The van der Waals surface area contributed by atoms with E-state index in [-0.39, 0.29) is 17.0 Å². The summed E-state index contributed by atoms with van der Waals surface area (Å²) in [6.07, 6.45) is -2.97. The number of amidine groups is 1. The van der Waals surface area contributed by atoms with Crippen molar-refractivity contribution in [2.75, 3.05) is 28.7 Å². The first kappa shape index (κ1) is 24.2. The number of nitrogens with zero attached hydrogens (tertiary/aromatic N) is 5. The van der Waals surface area contributed by atoms with Gasteiger partial charge in [-0.05, 0) is 50.2 Å². The van der Waals surface area contributed by atoms with Crippen LogP contribution in [0.2, 0.25) is 0 Å². The summed E-state index contributed by atoms with van der Waals surface area (Å²) in [4.78, 5) is 26.1. The Morgan fingerprint density at radius 1 is 1.39 bits per heavy atom. The van der Waals surface area contributed by atoms with Crippen molar-refractivity contribution in [2.45, 2.75) is 32.5 Å². The minimum Gasteiger partial charge on any atom is -0.465 e. The van der Waals surface area contributed by atoms with Crippen LogP contribution in [0, 0.1) is 0 Å². The van der Waals surface area contributed by atoms with Gasteiger partial charge in [-0.15, -0.1) is 0 Å². The number of aliphatic imine (C=N–C) groups is 1. The molecule has 9 nitrogen and oxygen atoms in total. The lowest BCUT2D eigenvalue weighted by molar-refractivity contribution is -0.137. The number of carbonyl (C=O) groups is 1. The Morgan fingerprint density at radius 3 is 2.70 bits per heavy atom. The van der Waals surface area contributed by atoms with Gasteiger partial charge >= 0.3 is 12.3 Å². The van der Waals surface area contributed by atoms with E-state index < -0.39 is 29.3 Å². The van der Waals surface area contributed by atoms with Gasteiger partial charge in [-0.1, -0.05) is 0 Å². The zero-order valence-corrected chi connectivity index (χ0v) is 18.8. The molecule has 0 fully saturated rings. The number of halogens is 3. The summed E-state index contributed by atoms with van der Waals surface area (Å²) in [6, 6.07) is 2.74. The van der Waals surface area contributed by atoms with Gasteiger partial charge in [0.1, 0.15) is 11.4 Å². The smallest absolute Gasteiger partial charge is 0.418 e. The number of nitrogens with two attached hydrogens (primary N) is 1. The van der Waals surface area contributed by atoms with Gasteiger partial charge in [0.15, 0.2) is 16.8 Å². The third kappa shape index (κ3) is 5.13. The Morgan fingerprint density at radius 2 is 2.09 bits per heavy atom. The Hall–Kier alpha value is -3.48. The maximum atomic E-state index is 13.5. The van der Waals surface area contributed by atoms with Crippen molar-refractivity contribution in [3.8, 4) is 0 Å². The standard InChI is InChI=1S/C20H22F3N7O2S/c1-10(2)30-7-5-11-9-26-13(8-14(11)30)16(24)27-18(33)28-17-15(29(3)19(31)32)12(4-6-25-17)20(21,22)23/h4,6,8-10H,5,7H2,1-3H3,(H,31,32)(H3,24,25,27,28,33). The molecule has 0 unspecified atom stereocenters. The second kappa shape index (κ2) is 9.17. The highest BCUT2D eigenvalue weighted by Crippen LogP contribution is 2.39. The molecule has 0 bridgehead atoms. The predicted molar refractivity (Wildman–Crippen MR) is 123 cm³/mol. The zero-order chi connectivity index (χ0) is 24.5. The normalized spacial score (nSPS) is 13.8. The van der Waals surface area contributed by atoms with Crippen LogP contribution in [0.25, 0.3) is 0 Å². The molecular formula is C20H22F3N7O2S. The highest BCUT2D eigenvalue weighted by atomic mass is 32.1. The number of aromatic nitrogens is 2. The molecule has 2 aromatic rings. The molecule has 0 saturated heterocycles.